The Hall–Kier alpha value is -1.67. The van der Waals surface area contributed by atoms with Crippen LogP contribution in [0, 0.1) is 12.3 Å². The van der Waals surface area contributed by atoms with Crippen LogP contribution in [-0.4, -0.2) is 33.1 Å². The van der Waals surface area contributed by atoms with Gasteiger partial charge in [-0.1, -0.05) is 12.0 Å². The highest BCUT2D eigenvalue weighted by atomic mass is 32.2. The molecule has 1 aromatic carbocycles. The molecule has 0 unspecified atom stereocenters. The maximum Gasteiger partial charge on any atom is 0.161 e. The zero-order valence-corrected chi connectivity index (χ0v) is 11.8. The molecule has 104 valence electrons. The Labute approximate surface area is 114 Å². The van der Waals surface area contributed by atoms with Crippen molar-refractivity contribution in [2.24, 2.45) is 0 Å². The average Bonchev–Trinajstić information content (AvgIpc) is 2.36. The van der Waals surface area contributed by atoms with Crippen LogP contribution in [0.3, 0.4) is 0 Å². The molecule has 0 aliphatic heterocycles. The summed E-state index contributed by atoms with van der Waals surface area (Å²) in [6, 6.07) is 7.25. The van der Waals surface area contributed by atoms with Crippen LogP contribution in [0.2, 0.25) is 0 Å². The molecule has 4 nitrogen and oxygen atoms in total. The minimum Gasteiger partial charge on any atom is -0.494 e. The smallest absolute Gasteiger partial charge is 0.161 e. The van der Waals surface area contributed by atoms with E-state index in [0.717, 1.165) is 5.75 Å². The molecule has 19 heavy (non-hydrogen) atoms. The predicted octanol–water partition coefficient (Wildman–Crippen LogP) is 1.90. The standard InChI is InChI=1S/C14H18O4S/c1-3-10-19(15,16)11-6-9-18-14-8-5-7-13(12-14)17-4-2/h1,5,7-8,12H,4,6,9-11H2,2H3. The van der Waals surface area contributed by atoms with E-state index in [1.807, 2.05) is 19.1 Å². The first-order valence-electron chi connectivity index (χ1n) is 6.07. The molecule has 0 radical (unpaired) electrons. The number of benzene rings is 1. The number of hydrogen-bond acceptors (Lipinski definition) is 4. The summed E-state index contributed by atoms with van der Waals surface area (Å²) in [5.74, 6) is 3.37. The molecule has 0 heterocycles. The Kier molecular flexibility index (Phi) is 6.23. The summed E-state index contributed by atoms with van der Waals surface area (Å²) in [4.78, 5) is 0. The Bertz CT molecular complexity index is 529. The first-order valence-corrected chi connectivity index (χ1v) is 7.89. The normalized spacial score (nSPS) is 10.7. The van der Waals surface area contributed by atoms with E-state index >= 15 is 0 Å². The Morgan fingerprint density at radius 1 is 1.26 bits per heavy atom. The molecule has 1 aromatic rings. The molecule has 1 rings (SSSR count). The first kappa shape index (κ1) is 15.4. The summed E-state index contributed by atoms with van der Waals surface area (Å²) in [6.45, 7) is 2.83. The van der Waals surface area contributed by atoms with Gasteiger partial charge in [0, 0.05) is 6.07 Å². The van der Waals surface area contributed by atoms with Crippen LogP contribution in [0.1, 0.15) is 13.3 Å². The molecule has 0 saturated heterocycles. The van der Waals surface area contributed by atoms with Gasteiger partial charge in [-0.05, 0) is 25.5 Å². The molecular weight excluding hydrogens is 264 g/mol. The van der Waals surface area contributed by atoms with E-state index in [9.17, 15) is 8.42 Å². The zero-order valence-electron chi connectivity index (χ0n) is 11.0. The van der Waals surface area contributed by atoms with Gasteiger partial charge in [0.2, 0.25) is 0 Å². The van der Waals surface area contributed by atoms with Gasteiger partial charge in [0.05, 0.1) is 19.0 Å². The van der Waals surface area contributed by atoms with Crippen molar-refractivity contribution in [3.05, 3.63) is 24.3 Å². The van der Waals surface area contributed by atoms with Crippen molar-refractivity contribution < 1.29 is 17.9 Å². The van der Waals surface area contributed by atoms with E-state index < -0.39 is 9.84 Å². The average molecular weight is 282 g/mol. The van der Waals surface area contributed by atoms with Gasteiger partial charge in [-0.2, -0.15) is 0 Å². The lowest BCUT2D eigenvalue weighted by molar-refractivity contribution is 0.309. The number of rotatable bonds is 8. The Balaban J connectivity index is 2.37. The third kappa shape index (κ3) is 6.16. The second-order valence-corrected chi connectivity index (χ2v) is 6.09. The molecule has 0 aromatic heterocycles. The largest absolute Gasteiger partial charge is 0.494 e. The van der Waals surface area contributed by atoms with Gasteiger partial charge in [-0.25, -0.2) is 8.42 Å². The van der Waals surface area contributed by atoms with E-state index in [1.165, 1.54) is 0 Å². The monoisotopic (exact) mass is 282 g/mol. The predicted molar refractivity (Wildman–Crippen MR) is 75.2 cm³/mol. The fraction of sp³-hybridized carbons (Fsp3) is 0.429. The lowest BCUT2D eigenvalue weighted by Gasteiger charge is -2.08. The van der Waals surface area contributed by atoms with Crippen molar-refractivity contribution in [2.75, 3.05) is 24.7 Å². The minimum atomic E-state index is -3.14. The van der Waals surface area contributed by atoms with Gasteiger partial charge in [-0.15, -0.1) is 6.42 Å². The third-order valence-corrected chi connectivity index (χ3v) is 3.81. The zero-order chi connectivity index (χ0) is 14.1. The number of hydrogen-bond donors (Lipinski definition) is 0. The van der Waals surface area contributed by atoms with Crippen molar-refractivity contribution in [2.45, 2.75) is 13.3 Å². The SMILES string of the molecule is C#CCS(=O)(=O)CCCOc1cccc(OCC)c1. The minimum absolute atomic E-state index is 0.0440. The van der Waals surface area contributed by atoms with E-state index in [1.54, 1.807) is 12.1 Å². The highest BCUT2D eigenvalue weighted by Crippen LogP contribution is 2.19. The summed E-state index contributed by atoms with van der Waals surface area (Å²) in [5.41, 5.74) is 0. The van der Waals surface area contributed by atoms with Crippen LogP contribution in [0.5, 0.6) is 11.5 Å². The number of terminal acetylenes is 1. The fourth-order valence-corrected chi connectivity index (χ4v) is 2.44. The van der Waals surface area contributed by atoms with Crippen LogP contribution in [0.15, 0.2) is 24.3 Å². The van der Waals surface area contributed by atoms with Crippen LogP contribution in [-0.2, 0) is 9.84 Å². The van der Waals surface area contributed by atoms with Crippen molar-refractivity contribution in [1.29, 1.82) is 0 Å². The molecule has 0 spiro atoms. The maximum absolute atomic E-state index is 11.4. The van der Waals surface area contributed by atoms with E-state index in [4.69, 9.17) is 15.9 Å². The molecule has 0 aliphatic rings. The summed E-state index contributed by atoms with van der Waals surface area (Å²) in [5, 5.41) is 0. The maximum atomic E-state index is 11.4. The summed E-state index contributed by atoms with van der Waals surface area (Å²) >= 11 is 0. The van der Waals surface area contributed by atoms with Crippen LogP contribution in [0.25, 0.3) is 0 Å². The van der Waals surface area contributed by atoms with Crippen molar-refractivity contribution in [3.8, 4) is 23.8 Å². The summed E-state index contributed by atoms with van der Waals surface area (Å²) < 4.78 is 33.5. The molecule has 0 N–H and O–H groups in total. The molecule has 0 amide bonds. The van der Waals surface area contributed by atoms with Gasteiger partial charge < -0.3 is 9.47 Å². The van der Waals surface area contributed by atoms with Gasteiger partial charge in [0.25, 0.3) is 0 Å². The lowest BCUT2D eigenvalue weighted by atomic mass is 10.3. The van der Waals surface area contributed by atoms with Gasteiger partial charge >= 0.3 is 0 Å². The molecular formula is C14H18O4S. The fourth-order valence-electron chi connectivity index (χ4n) is 1.49. The summed E-state index contributed by atoms with van der Waals surface area (Å²) in [7, 11) is -3.14. The molecule has 0 saturated carbocycles. The second kappa shape index (κ2) is 7.70. The number of ether oxygens (including phenoxy) is 2. The van der Waals surface area contributed by atoms with Gasteiger partial charge in [0.15, 0.2) is 9.84 Å². The quantitative estimate of drug-likeness (QED) is 0.540. The highest BCUT2D eigenvalue weighted by molar-refractivity contribution is 7.91. The molecule has 5 heteroatoms. The lowest BCUT2D eigenvalue weighted by Crippen LogP contribution is -2.12. The Morgan fingerprint density at radius 3 is 2.58 bits per heavy atom. The number of sulfone groups is 1. The van der Waals surface area contributed by atoms with Crippen LogP contribution < -0.4 is 9.47 Å². The van der Waals surface area contributed by atoms with Crippen molar-refractivity contribution in [1.82, 2.24) is 0 Å². The van der Waals surface area contributed by atoms with E-state index in [0.29, 0.717) is 25.4 Å². The Morgan fingerprint density at radius 2 is 1.95 bits per heavy atom. The molecule has 0 bridgehead atoms. The van der Waals surface area contributed by atoms with Crippen LogP contribution >= 0.6 is 0 Å². The van der Waals surface area contributed by atoms with Gasteiger partial charge in [0.1, 0.15) is 17.3 Å². The third-order valence-electron chi connectivity index (χ3n) is 2.29. The van der Waals surface area contributed by atoms with Gasteiger partial charge in [-0.3, -0.25) is 0 Å². The molecule has 0 aliphatic carbocycles. The highest BCUT2D eigenvalue weighted by Gasteiger charge is 2.08. The molecule has 0 atom stereocenters. The summed E-state index contributed by atoms with van der Waals surface area (Å²) in [6.07, 6.45) is 5.40. The first-order chi connectivity index (χ1) is 9.07. The van der Waals surface area contributed by atoms with E-state index in [-0.39, 0.29) is 11.5 Å². The topological polar surface area (TPSA) is 52.6 Å². The van der Waals surface area contributed by atoms with Crippen LogP contribution in [0.4, 0.5) is 0 Å². The second-order valence-electron chi connectivity index (χ2n) is 3.91. The molecule has 0 fully saturated rings. The van der Waals surface area contributed by atoms with Crippen molar-refractivity contribution >= 4 is 9.84 Å². The van der Waals surface area contributed by atoms with E-state index in [2.05, 4.69) is 5.92 Å². The van der Waals surface area contributed by atoms with Crippen molar-refractivity contribution in [3.63, 3.8) is 0 Å².